The van der Waals surface area contributed by atoms with Gasteiger partial charge in [-0.25, -0.2) is 0 Å². The van der Waals surface area contributed by atoms with Crippen LogP contribution in [0.15, 0.2) is 53.5 Å². The Morgan fingerprint density at radius 2 is 1.83 bits per heavy atom. The van der Waals surface area contributed by atoms with E-state index in [0.29, 0.717) is 12.8 Å². The molecule has 160 valence electrons. The molecule has 1 fully saturated rings. The standard InChI is InChI=1S/C24H32N4O2/c1-2-25-24(26-13-10-19-8-9-22-23(16-19)30-18-29-22)27-21-11-14-28(15-12-21)17-20-6-4-3-5-7-20/h3-9,16,21H,2,10-15,17-18H2,1H3,(H2,25,26,27). The van der Waals surface area contributed by atoms with E-state index in [1.54, 1.807) is 0 Å². The SMILES string of the molecule is CCNC(=NCCc1ccc2c(c1)OCO2)NC1CCN(Cc2ccccc2)CC1. The molecule has 0 aromatic heterocycles. The average molecular weight is 409 g/mol. The van der Waals surface area contributed by atoms with E-state index in [2.05, 4.69) is 64.9 Å². The Balaban J connectivity index is 1.24. The molecule has 2 aliphatic heterocycles. The van der Waals surface area contributed by atoms with E-state index in [4.69, 9.17) is 14.5 Å². The summed E-state index contributed by atoms with van der Waals surface area (Å²) in [5, 5.41) is 7.03. The first-order chi connectivity index (χ1) is 14.8. The van der Waals surface area contributed by atoms with Crippen molar-refractivity contribution < 1.29 is 9.47 Å². The number of piperidine rings is 1. The number of hydrogen-bond acceptors (Lipinski definition) is 4. The van der Waals surface area contributed by atoms with Gasteiger partial charge in [-0.1, -0.05) is 36.4 Å². The predicted molar refractivity (Wildman–Crippen MR) is 120 cm³/mol. The Bertz CT molecular complexity index is 832. The highest BCUT2D eigenvalue weighted by molar-refractivity contribution is 5.80. The summed E-state index contributed by atoms with van der Waals surface area (Å²) in [5.41, 5.74) is 2.61. The van der Waals surface area contributed by atoms with Crippen LogP contribution >= 0.6 is 0 Å². The first-order valence-corrected chi connectivity index (χ1v) is 11.0. The molecule has 0 aliphatic carbocycles. The molecule has 2 aromatic rings. The molecule has 0 bridgehead atoms. The van der Waals surface area contributed by atoms with Crippen molar-refractivity contribution in [3.63, 3.8) is 0 Å². The van der Waals surface area contributed by atoms with Gasteiger partial charge in [0.2, 0.25) is 6.79 Å². The lowest BCUT2D eigenvalue weighted by atomic mass is 10.0. The van der Waals surface area contributed by atoms with Crippen molar-refractivity contribution in [3.8, 4) is 11.5 Å². The van der Waals surface area contributed by atoms with Crippen molar-refractivity contribution in [1.29, 1.82) is 0 Å². The Hall–Kier alpha value is -2.73. The first-order valence-electron chi connectivity index (χ1n) is 11.0. The topological polar surface area (TPSA) is 58.1 Å². The molecule has 6 heteroatoms. The summed E-state index contributed by atoms with van der Waals surface area (Å²) >= 11 is 0. The number of ether oxygens (including phenoxy) is 2. The van der Waals surface area contributed by atoms with E-state index in [1.807, 2.05) is 6.07 Å². The molecule has 0 unspecified atom stereocenters. The maximum atomic E-state index is 5.46. The number of benzene rings is 2. The molecule has 0 radical (unpaired) electrons. The third kappa shape index (κ3) is 5.66. The van der Waals surface area contributed by atoms with Crippen LogP contribution in [0.1, 0.15) is 30.9 Å². The normalized spacial score (nSPS) is 17.2. The fraction of sp³-hybridized carbons (Fsp3) is 0.458. The molecule has 4 rings (SSSR count). The van der Waals surface area contributed by atoms with Crippen LogP contribution in [-0.4, -0.2) is 49.9 Å². The Morgan fingerprint density at radius 3 is 2.63 bits per heavy atom. The molecule has 30 heavy (non-hydrogen) atoms. The van der Waals surface area contributed by atoms with E-state index in [-0.39, 0.29) is 0 Å². The highest BCUT2D eigenvalue weighted by Gasteiger charge is 2.20. The summed E-state index contributed by atoms with van der Waals surface area (Å²) in [5.74, 6) is 2.58. The van der Waals surface area contributed by atoms with E-state index in [0.717, 1.165) is 69.4 Å². The zero-order valence-corrected chi connectivity index (χ0v) is 17.8. The van der Waals surface area contributed by atoms with E-state index >= 15 is 0 Å². The van der Waals surface area contributed by atoms with Crippen LogP contribution in [-0.2, 0) is 13.0 Å². The summed E-state index contributed by atoms with van der Waals surface area (Å²) in [6, 6.07) is 17.3. The van der Waals surface area contributed by atoms with Crippen LogP contribution in [0.3, 0.4) is 0 Å². The number of aliphatic imine (C=N–C) groups is 1. The Labute approximate surface area is 179 Å². The number of nitrogens with zero attached hydrogens (tertiary/aromatic N) is 2. The van der Waals surface area contributed by atoms with Gasteiger partial charge in [0.25, 0.3) is 0 Å². The van der Waals surface area contributed by atoms with Crippen LogP contribution in [0, 0.1) is 0 Å². The molecule has 2 heterocycles. The smallest absolute Gasteiger partial charge is 0.231 e. The zero-order chi connectivity index (χ0) is 20.6. The fourth-order valence-electron chi connectivity index (χ4n) is 3.98. The zero-order valence-electron chi connectivity index (χ0n) is 17.8. The van der Waals surface area contributed by atoms with Crippen LogP contribution < -0.4 is 20.1 Å². The first kappa shape index (κ1) is 20.5. The summed E-state index contributed by atoms with van der Waals surface area (Å²) in [4.78, 5) is 7.33. The average Bonchev–Trinajstić information content (AvgIpc) is 3.24. The van der Waals surface area contributed by atoms with Crippen molar-refractivity contribution in [1.82, 2.24) is 15.5 Å². The van der Waals surface area contributed by atoms with Gasteiger partial charge in [-0.15, -0.1) is 0 Å². The van der Waals surface area contributed by atoms with Crippen molar-refractivity contribution in [2.45, 2.75) is 38.8 Å². The fourth-order valence-corrected chi connectivity index (χ4v) is 3.98. The van der Waals surface area contributed by atoms with E-state index < -0.39 is 0 Å². The third-order valence-electron chi connectivity index (χ3n) is 5.63. The van der Waals surface area contributed by atoms with Crippen molar-refractivity contribution in [2.24, 2.45) is 4.99 Å². The molecule has 0 amide bonds. The largest absolute Gasteiger partial charge is 0.454 e. The maximum Gasteiger partial charge on any atom is 0.231 e. The monoisotopic (exact) mass is 408 g/mol. The van der Waals surface area contributed by atoms with Crippen LogP contribution in [0.2, 0.25) is 0 Å². The predicted octanol–water partition coefficient (Wildman–Crippen LogP) is 3.18. The van der Waals surface area contributed by atoms with Gasteiger partial charge in [0.05, 0.1) is 0 Å². The van der Waals surface area contributed by atoms with Crippen molar-refractivity contribution in [2.75, 3.05) is 33.0 Å². The van der Waals surface area contributed by atoms with Gasteiger partial charge >= 0.3 is 0 Å². The van der Waals surface area contributed by atoms with Gasteiger partial charge in [0.15, 0.2) is 17.5 Å². The summed E-state index contributed by atoms with van der Waals surface area (Å²) < 4.78 is 10.8. The molecular weight excluding hydrogens is 376 g/mol. The molecule has 1 saturated heterocycles. The summed E-state index contributed by atoms with van der Waals surface area (Å²) in [7, 11) is 0. The third-order valence-corrected chi connectivity index (χ3v) is 5.63. The second kappa shape index (κ2) is 10.3. The van der Waals surface area contributed by atoms with Crippen molar-refractivity contribution in [3.05, 3.63) is 59.7 Å². The van der Waals surface area contributed by atoms with Crippen LogP contribution in [0.5, 0.6) is 11.5 Å². The highest BCUT2D eigenvalue weighted by Crippen LogP contribution is 2.32. The number of hydrogen-bond donors (Lipinski definition) is 2. The maximum absolute atomic E-state index is 5.46. The lowest BCUT2D eigenvalue weighted by Crippen LogP contribution is -2.48. The van der Waals surface area contributed by atoms with E-state index in [9.17, 15) is 0 Å². The summed E-state index contributed by atoms with van der Waals surface area (Å²) in [6.07, 6.45) is 3.15. The lowest BCUT2D eigenvalue weighted by molar-refractivity contribution is 0.174. The number of nitrogens with one attached hydrogen (secondary N) is 2. The lowest BCUT2D eigenvalue weighted by Gasteiger charge is -2.33. The minimum atomic E-state index is 0.315. The second-order valence-corrected chi connectivity index (χ2v) is 7.88. The van der Waals surface area contributed by atoms with Gasteiger partial charge in [-0.05, 0) is 49.4 Å². The molecule has 0 spiro atoms. The molecule has 0 atom stereocenters. The molecule has 2 aromatic carbocycles. The summed E-state index contributed by atoms with van der Waals surface area (Å²) in [6.45, 7) is 7.29. The van der Waals surface area contributed by atoms with Gasteiger partial charge in [0, 0.05) is 38.8 Å². The van der Waals surface area contributed by atoms with Gasteiger partial charge in [-0.3, -0.25) is 9.89 Å². The quantitative estimate of drug-likeness (QED) is 0.544. The molecule has 2 N–H and O–H groups in total. The highest BCUT2D eigenvalue weighted by atomic mass is 16.7. The number of likely N-dealkylation sites (tertiary alicyclic amines) is 1. The number of fused-ring (bicyclic) bond motifs is 1. The molecule has 0 saturated carbocycles. The molecule has 6 nitrogen and oxygen atoms in total. The Kier molecular flexibility index (Phi) is 7.08. The van der Waals surface area contributed by atoms with Crippen LogP contribution in [0.4, 0.5) is 0 Å². The molecule has 2 aliphatic rings. The van der Waals surface area contributed by atoms with E-state index in [1.165, 1.54) is 11.1 Å². The minimum absolute atomic E-state index is 0.315. The van der Waals surface area contributed by atoms with Crippen LogP contribution in [0.25, 0.3) is 0 Å². The van der Waals surface area contributed by atoms with Gasteiger partial charge in [-0.2, -0.15) is 0 Å². The minimum Gasteiger partial charge on any atom is -0.454 e. The van der Waals surface area contributed by atoms with Crippen molar-refractivity contribution >= 4 is 5.96 Å². The van der Waals surface area contributed by atoms with Gasteiger partial charge in [0.1, 0.15) is 0 Å². The van der Waals surface area contributed by atoms with Gasteiger partial charge < -0.3 is 20.1 Å². The number of guanidine groups is 1. The number of rotatable bonds is 7. The molecular formula is C24H32N4O2. The second-order valence-electron chi connectivity index (χ2n) is 7.88. The Morgan fingerprint density at radius 1 is 1.03 bits per heavy atom.